The van der Waals surface area contributed by atoms with Crippen LogP contribution < -0.4 is 5.32 Å². The van der Waals surface area contributed by atoms with E-state index in [9.17, 15) is 9.90 Å². The number of hydrogen-bond donors (Lipinski definition) is 2. The number of fused-ring (bicyclic) bond motifs is 1. The summed E-state index contributed by atoms with van der Waals surface area (Å²) >= 11 is 0. The Morgan fingerprint density at radius 3 is 2.95 bits per heavy atom. The molecule has 3 rings (SSSR count). The van der Waals surface area contributed by atoms with Crippen molar-refractivity contribution >= 4 is 16.8 Å². The summed E-state index contributed by atoms with van der Waals surface area (Å²) in [5, 5.41) is 13.9. The summed E-state index contributed by atoms with van der Waals surface area (Å²) in [6.07, 6.45) is 2.68. The molecule has 1 aliphatic carbocycles. The second kappa shape index (κ2) is 5.90. The number of aliphatic hydroxyl groups excluding tert-OH is 1. The summed E-state index contributed by atoms with van der Waals surface area (Å²) < 4.78 is 2.04. The Hall–Kier alpha value is -1.81. The molecule has 1 aromatic carbocycles. The molecule has 1 fully saturated rings. The summed E-state index contributed by atoms with van der Waals surface area (Å²) in [5.74, 6) is 0.231. The highest BCUT2D eigenvalue weighted by molar-refractivity contribution is 5.84. The molecule has 2 N–H and O–H groups in total. The SMILES string of the molecule is Cc1cc2ccccc2n1CC(=O)NCC1CCCC1O. The van der Waals surface area contributed by atoms with Gasteiger partial charge in [0.1, 0.15) is 6.54 Å². The molecule has 1 aliphatic rings. The average molecular weight is 286 g/mol. The van der Waals surface area contributed by atoms with Gasteiger partial charge < -0.3 is 15.0 Å². The van der Waals surface area contributed by atoms with E-state index >= 15 is 0 Å². The molecule has 2 unspecified atom stereocenters. The van der Waals surface area contributed by atoms with Crippen LogP contribution in [0.4, 0.5) is 0 Å². The number of aryl methyl sites for hydroxylation is 1. The summed E-state index contributed by atoms with van der Waals surface area (Å²) in [5.41, 5.74) is 2.18. The maximum Gasteiger partial charge on any atom is 0.239 e. The molecule has 0 saturated heterocycles. The van der Waals surface area contributed by atoms with Crippen molar-refractivity contribution in [1.29, 1.82) is 0 Å². The fourth-order valence-electron chi connectivity index (χ4n) is 3.26. The van der Waals surface area contributed by atoms with Gasteiger partial charge in [-0.05, 0) is 37.3 Å². The highest BCUT2D eigenvalue weighted by Crippen LogP contribution is 2.24. The quantitative estimate of drug-likeness (QED) is 0.905. The van der Waals surface area contributed by atoms with Crippen LogP contribution in [0.5, 0.6) is 0 Å². The van der Waals surface area contributed by atoms with Crippen LogP contribution in [0.3, 0.4) is 0 Å². The van der Waals surface area contributed by atoms with Crippen molar-refractivity contribution < 1.29 is 9.90 Å². The number of carbonyl (C=O) groups excluding carboxylic acids is 1. The lowest BCUT2D eigenvalue weighted by molar-refractivity contribution is -0.121. The molecule has 1 aromatic heterocycles. The van der Waals surface area contributed by atoms with Crippen LogP contribution in [0.25, 0.3) is 10.9 Å². The average Bonchev–Trinajstić information content (AvgIpc) is 3.01. The highest BCUT2D eigenvalue weighted by Gasteiger charge is 2.25. The first-order valence-electron chi connectivity index (χ1n) is 7.65. The van der Waals surface area contributed by atoms with Crippen LogP contribution in [0.2, 0.25) is 0 Å². The number of nitrogens with one attached hydrogen (secondary N) is 1. The number of nitrogens with zero attached hydrogens (tertiary/aromatic N) is 1. The van der Waals surface area contributed by atoms with Crippen LogP contribution in [0.1, 0.15) is 25.0 Å². The van der Waals surface area contributed by atoms with Gasteiger partial charge in [0.05, 0.1) is 6.10 Å². The molecule has 2 atom stereocenters. The Morgan fingerprint density at radius 2 is 2.19 bits per heavy atom. The van der Waals surface area contributed by atoms with Gasteiger partial charge in [0.15, 0.2) is 0 Å². The third kappa shape index (κ3) is 2.95. The van der Waals surface area contributed by atoms with E-state index < -0.39 is 0 Å². The molecule has 1 heterocycles. The van der Waals surface area contributed by atoms with Crippen LogP contribution >= 0.6 is 0 Å². The zero-order chi connectivity index (χ0) is 14.8. The molecule has 4 heteroatoms. The topological polar surface area (TPSA) is 54.3 Å². The van der Waals surface area contributed by atoms with E-state index in [0.29, 0.717) is 13.1 Å². The van der Waals surface area contributed by atoms with E-state index in [-0.39, 0.29) is 17.9 Å². The van der Waals surface area contributed by atoms with E-state index in [0.717, 1.165) is 35.9 Å². The van der Waals surface area contributed by atoms with Gasteiger partial charge in [-0.15, -0.1) is 0 Å². The maximum absolute atomic E-state index is 12.2. The lowest BCUT2D eigenvalue weighted by Crippen LogP contribution is -2.34. The Bertz CT molecular complexity index is 647. The molecular weight excluding hydrogens is 264 g/mol. The molecule has 2 aromatic rings. The predicted molar refractivity (Wildman–Crippen MR) is 83.0 cm³/mol. The number of benzene rings is 1. The smallest absolute Gasteiger partial charge is 0.239 e. The second-order valence-electron chi connectivity index (χ2n) is 5.99. The van der Waals surface area contributed by atoms with Gasteiger partial charge in [-0.2, -0.15) is 0 Å². The van der Waals surface area contributed by atoms with Crippen molar-refractivity contribution in [2.24, 2.45) is 5.92 Å². The minimum atomic E-state index is -0.251. The zero-order valence-corrected chi connectivity index (χ0v) is 12.4. The molecule has 0 bridgehead atoms. The first-order chi connectivity index (χ1) is 10.1. The van der Waals surface area contributed by atoms with Gasteiger partial charge in [0.2, 0.25) is 5.91 Å². The molecule has 0 aliphatic heterocycles. The minimum absolute atomic E-state index is 0.0125. The van der Waals surface area contributed by atoms with Gasteiger partial charge in [-0.3, -0.25) is 4.79 Å². The molecule has 1 saturated carbocycles. The molecule has 112 valence electrons. The number of hydrogen-bond acceptors (Lipinski definition) is 2. The van der Waals surface area contributed by atoms with Crippen molar-refractivity contribution in [3.05, 3.63) is 36.0 Å². The number of carbonyl (C=O) groups is 1. The van der Waals surface area contributed by atoms with Crippen LogP contribution in [0.15, 0.2) is 30.3 Å². The molecule has 0 radical (unpaired) electrons. The number of rotatable bonds is 4. The summed E-state index contributed by atoms with van der Waals surface area (Å²) in [4.78, 5) is 12.2. The van der Waals surface area contributed by atoms with Crippen LogP contribution in [0, 0.1) is 12.8 Å². The van der Waals surface area contributed by atoms with Crippen molar-refractivity contribution in [1.82, 2.24) is 9.88 Å². The van der Waals surface area contributed by atoms with E-state index in [1.807, 2.05) is 29.7 Å². The fourth-order valence-corrected chi connectivity index (χ4v) is 3.26. The summed E-state index contributed by atoms with van der Waals surface area (Å²) in [6.45, 7) is 2.94. The van der Waals surface area contributed by atoms with E-state index in [2.05, 4.69) is 17.4 Å². The standard InChI is InChI=1S/C17H22N2O2/c1-12-9-13-5-2-3-7-15(13)19(12)11-17(21)18-10-14-6-4-8-16(14)20/h2-3,5,7,9,14,16,20H,4,6,8,10-11H2,1H3,(H,18,21). The molecule has 4 nitrogen and oxygen atoms in total. The predicted octanol–water partition coefficient (Wildman–Crippen LogP) is 2.23. The number of aliphatic hydroxyl groups is 1. The largest absolute Gasteiger partial charge is 0.393 e. The Balaban J connectivity index is 1.65. The lowest BCUT2D eigenvalue weighted by atomic mass is 10.1. The van der Waals surface area contributed by atoms with E-state index in [4.69, 9.17) is 0 Å². The molecular formula is C17H22N2O2. The van der Waals surface area contributed by atoms with Crippen LogP contribution in [-0.4, -0.2) is 28.2 Å². The first kappa shape index (κ1) is 14.1. The number of amides is 1. The fraction of sp³-hybridized carbons (Fsp3) is 0.471. The Morgan fingerprint density at radius 1 is 1.38 bits per heavy atom. The van der Waals surface area contributed by atoms with Crippen molar-refractivity contribution in [2.75, 3.05) is 6.54 Å². The first-order valence-corrected chi connectivity index (χ1v) is 7.65. The summed E-state index contributed by atoms with van der Waals surface area (Å²) in [7, 11) is 0. The molecule has 21 heavy (non-hydrogen) atoms. The monoisotopic (exact) mass is 286 g/mol. The van der Waals surface area contributed by atoms with Crippen molar-refractivity contribution in [2.45, 2.75) is 38.8 Å². The van der Waals surface area contributed by atoms with Gasteiger partial charge in [0, 0.05) is 23.7 Å². The van der Waals surface area contributed by atoms with Gasteiger partial charge >= 0.3 is 0 Å². The van der Waals surface area contributed by atoms with Crippen molar-refractivity contribution in [3.63, 3.8) is 0 Å². The molecule has 1 amide bonds. The van der Waals surface area contributed by atoms with Crippen molar-refractivity contribution in [3.8, 4) is 0 Å². The summed E-state index contributed by atoms with van der Waals surface area (Å²) in [6, 6.07) is 10.2. The van der Waals surface area contributed by atoms with Crippen LogP contribution in [-0.2, 0) is 11.3 Å². The number of aromatic nitrogens is 1. The molecule has 0 spiro atoms. The highest BCUT2D eigenvalue weighted by atomic mass is 16.3. The van der Waals surface area contributed by atoms with E-state index in [1.165, 1.54) is 0 Å². The normalized spacial score (nSPS) is 21.8. The maximum atomic E-state index is 12.2. The van der Waals surface area contributed by atoms with Gasteiger partial charge in [-0.25, -0.2) is 0 Å². The van der Waals surface area contributed by atoms with Gasteiger partial charge in [0.25, 0.3) is 0 Å². The minimum Gasteiger partial charge on any atom is -0.393 e. The van der Waals surface area contributed by atoms with Gasteiger partial charge in [-0.1, -0.05) is 24.6 Å². The Kier molecular flexibility index (Phi) is 3.97. The third-order valence-corrected chi connectivity index (χ3v) is 4.50. The second-order valence-corrected chi connectivity index (χ2v) is 5.99. The third-order valence-electron chi connectivity index (χ3n) is 4.50. The van der Waals surface area contributed by atoms with E-state index in [1.54, 1.807) is 0 Å². The number of para-hydroxylation sites is 1. The lowest BCUT2D eigenvalue weighted by Gasteiger charge is -2.16. The zero-order valence-electron chi connectivity index (χ0n) is 12.4. The Labute approximate surface area is 124 Å².